The van der Waals surface area contributed by atoms with Crippen molar-refractivity contribution in [3.05, 3.63) is 0 Å². The van der Waals surface area contributed by atoms with E-state index in [1.807, 2.05) is 13.8 Å². The number of aliphatic hydroxyl groups is 2. The molecule has 0 bridgehead atoms. The predicted octanol–water partition coefficient (Wildman–Crippen LogP) is 0.578. The van der Waals surface area contributed by atoms with E-state index in [9.17, 15) is 0 Å². The van der Waals surface area contributed by atoms with Gasteiger partial charge >= 0.3 is 0 Å². The lowest BCUT2D eigenvalue weighted by atomic mass is 10.3. The number of hydrogen-bond donors (Lipinski definition) is 2. The van der Waals surface area contributed by atoms with Crippen LogP contribution in [0.3, 0.4) is 0 Å². The Labute approximate surface area is 104 Å². The second kappa shape index (κ2) is 12.3. The van der Waals surface area contributed by atoms with Crippen molar-refractivity contribution < 1.29 is 24.4 Å². The minimum Gasteiger partial charge on any atom is -0.394 e. The molecule has 1 unspecified atom stereocenters. The van der Waals surface area contributed by atoms with Gasteiger partial charge in [0.25, 0.3) is 0 Å². The molecular weight excluding hydrogens is 224 g/mol. The fourth-order valence-electron chi connectivity index (χ4n) is 1.19. The van der Waals surface area contributed by atoms with Crippen molar-refractivity contribution in [3.8, 4) is 0 Å². The Balaban J connectivity index is 3.82. The predicted molar refractivity (Wildman–Crippen MR) is 65.1 cm³/mol. The summed E-state index contributed by atoms with van der Waals surface area (Å²) in [5.41, 5.74) is 0. The van der Waals surface area contributed by atoms with Crippen molar-refractivity contribution >= 4 is 0 Å². The zero-order valence-electron chi connectivity index (χ0n) is 10.9. The minimum absolute atomic E-state index is 0.137. The summed E-state index contributed by atoms with van der Waals surface area (Å²) in [5, 5.41) is 17.7. The van der Waals surface area contributed by atoms with E-state index in [1.165, 1.54) is 0 Å². The molecule has 104 valence electrons. The van der Waals surface area contributed by atoms with Crippen LogP contribution in [-0.4, -0.2) is 62.1 Å². The van der Waals surface area contributed by atoms with Gasteiger partial charge in [0.1, 0.15) is 12.2 Å². The maximum atomic E-state index is 8.87. The second-order valence-corrected chi connectivity index (χ2v) is 3.89. The first kappa shape index (κ1) is 16.8. The van der Waals surface area contributed by atoms with Crippen LogP contribution < -0.4 is 0 Å². The van der Waals surface area contributed by atoms with Crippen LogP contribution in [0.5, 0.6) is 0 Å². The second-order valence-electron chi connectivity index (χ2n) is 3.89. The van der Waals surface area contributed by atoms with E-state index < -0.39 is 6.10 Å². The van der Waals surface area contributed by atoms with Crippen molar-refractivity contribution in [2.75, 3.05) is 39.6 Å². The smallest absolute Gasteiger partial charge is 0.104 e. The highest BCUT2D eigenvalue weighted by molar-refractivity contribution is 4.59. The van der Waals surface area contributed by atoms with Crippen LogP contribution in [0.4, 0.5) is 0 Å². The number of hydrogen-bond acceptors (Lipinski definition) is 5. The molecule has 17 heavy (non-hydrogen) atoms. The molecule has 0 saturated heterocycles. The molecule has 0 heterocycles. The maximum Gasteiger partial charge on any atom is 0.104 e. The lowest BCUT2D eigenvalue weighted by molar-refractivity contribution is -0.0949. The molecule has 0 amide bonds. The lowest BCUT2D eigenvalue weighted by Crippen LogP contribution is -2.31. The van der Waals surface area contributed by atoms with Crippen LogP contribution in [-0.2, 0) is 14.2 Å². The van der Waals surface area contributed by atoms with Crippen molar-refractivity contribution in [1.82, 2.24) is 0 Å². The van der Waals surface area contributed by atoms with E-state index >= 15 is 0 Å². The van der Waals surface area contributed by atoms with Gasteiger partial charge in [0.15, 0.2) is 0 Å². The molecular formula is C12H26O5. The van der Waals surface area contributed by atoms with Gasteiger partial charge in [0, 0.05) is 13.2 Å². The van der Waals surface area contributed by atoms with Gasteiger partial charge in [0.05, 0.1) is 26.4 Å². The van der Waals surface area contributed by atoms with Gasteiger partial charge in [-0.05, 0) is 12.8 Å². The molecule has 5 heteroatoms. The van der Waals surface area contributed by atoms with E-state index in [-0.39, 0.29) is 19.3 Å². The molecule has 1 atom stereocenters. The van der Waals surface area contributed by atoms with Crippen LogP contribution in [0.1, 0.15) is 26.7 Å². The van der Waals surface area contributed by atoms with Gasteiger partial charge in [-0.25, -0.2) is 0 Å². The van der Waals surface area contributed by atoms with Gasteiger partial charge < -0.3 is 24.4 Å². The van der Waals surface area contributed by atoms with Crippen molar-refractivity contribution in [3.63, 3.8) is 0 Å². The van der Waals surface area contributed by atoms with Gasteiger partial charge in [-0.1, -0.05) is 13.8 Å². The third-order valence-corrected chi connectivity index (χ3v) is 2.13. The molecule has 2 N–H and O–H groups in total. The minimum atomic E-state index is -0.533. The van der Waals surface area contributed by atoms with Crippen LogP contribution in [0.2, 0.25) is 0 Å². The van der Waals surface area contributed by atoms with E-state index in [2.05, 4.69) is 0 Å². The molecule has 0 aliphatic heterocycles. The summed E-state index contributed by atoms with van der Waals surface area (Å²) in [7, 11) is 0. The summed E-state index contributed by atoms with van der Waals surface area (Å²) in [6.45, 7) is 5.88. The Morgan fingerprint density at radius 2 is 1.47 bits per heavy atom. The summed E-state index contributed by atoms with van der Waals surface area (Å²) in [6.07, 6.45) is 1.24. The van der Waals surface area contributed by atoms with E-state index in [0.717, 1.165) is 12.8 Å². The molecule has 0 saturated carbocycles. The van der Waals surface area contributed by atoms with Crippen LogP contribution in [0.25, 0.3) is 0 Å². The number of rotatable bonds is 12. The first-order chi connectivity index (χ1) is 8.28. The highest BCUT2D eigenvalue weighted by Gasteiger charge is 2.13. The highest BCUT2D eigenvalue weighted by atomic mass is 16.6. The quantitative estimate of drug-likeness (QED) is 0.496. The zero-order chi connectivity index (χ0) is 12.9. The Hall–Kier alpha value is -0.200. The maximum absolute atomic E-state index is 8.87. The molecule has 0 radical (unpaired) electrons. The Morgan fingerprint density at radius 3 is 2.00 bits per heavy atom. The summed E-state index contributed by atoms with van der Waals surface area (Å²) in [5.74, 6) is 0. The standard InChI is InChI=1S/C12H26O5/c1-3-5-15-9-12(16-6-4-2)10-17-11(7-13)8-14/h11-14H,3-10H2,1-2H3. The molecule has 0 rings (SSSR count). The number of aliphatic hydroxyl groups excluding tert-OH is 2. The molecule has 0 aliphatic rings. The molecule has 5 nitrogen and oxygen atoms in total. The fraction of sp³-hybridized carbons (Fsp3) is 1.00. The van der Waals surface area contributed by atoms with Crippen molar-refractivity contribution in [2.24, 2.45) is 0 Å². The van der Waals surface area contributed by atoms with Crippen LogP contribution in [0, 0.1) is 0 Å². The molecule has 0 aromatic heterocycles. The molecule has 0 aliphatic carbocycles. The molecule has 0 fully saturated rings. The first-order valence-electron chi connectivity index (χ1n) is 6.31. The third kappa shape index (κ3) is 9.50. The summed E-state index contributed by atoms with van der Waals surface area (Å²) < 4.78 is 16.3. The Kier molecular flexibility index (Phi) is 12.1. The first-order valence-corrected chi connectivity index (χ1v) is 6.31. The molecule has 0 aromatic carbocycles. The monoisotopic (exact) mass is 250 g/mol. The van der Waals surface area contributed by atoms with Crippen molar-refractivity contribution in [2.45, 2.75) is 38.9 Å². The van der Waals surface area contributed by atoms with E-state index in [4.69, 9.17) is 24.4 Å². The van der Waals surface area contributed by atoms with Gasteiger partial charge in [-0.3, -0.25) is 0 Å². The SMILES string of the molecule is CCCOCC(COC(CO)CO)OCCC. The van der Waals surface area contributed by atoms with Gasteiger partial charge in [0.2, 0.25) is 0 Å². The topological polar surface area (TPSA) is 68.2 Å². The molecule has 0 aromatic rings. The van der Waals surface area contributed by atoms with Crippen LogP contribution >= 0.6 is 0 Å². The Morgan fingerprint density at radius 1 is 0.824 bits per heavy atom. The summed E-state index contributed by atoms with van der Waals surface area (Å²) in [4.78, 5) is 0. The average molecular weight is 250 g/mol. The third-order valence-electron chi connectivity index (χ3n) is 2.13. The van der Waals surface area contributed by atoms with Gasteiger partial charge in [-0.15, -0.1) is 0 Å². The normalized spacial score (nSPS) is 13.2. The largest absolute Gasteiger partial charge is 0.394 e. The molecule has 0 spiro atoms. The van der Waals surface area contributed by atoms with E-state index in [0.29, 0.717) is 26.4 Å². The Bertz CT molecular complexity index is 150. The average Bonchev–Trinajstić information content (AvgIpc) is 2.36. The summed E-state index contributed by atoms with van der Waals surface area (Å²) in [6, 6.07) is 0. The zero-order valence-corrected chi connectivity index (χ0v) is 10.9. The number of ether oxygens (including phenoxy) is 3. The summed E-state index contributed by atoms with van der Waals surface area (Å²) >= 11 is 0. The van der Waals surface area contributed by atoms with Gasteiger partial charge in [-0.2, -0.15) is 0 Å². The fourth-order valence-corrected chi connectivity index (χ4v) is 1.19. The van der Waals surface area contributed by atoms with E-state index in [1.54, 1.807) is 0 Å². The highest BCUT2D eigenvalue weighted by Crippen LogP contribution is 2.00. The lowest BCUT2D eigenvalue weighted by Gasteiger charge is -2.20. The van der Waals surface area contributed by atoms with Crippen LogP contribution in [0.15, 0.2) is 0 Å². The van der Waals surface area contributed by atoms with Crippen molar-refractivity contribution in [1.29, 1.82) is 0 Å².